The van der Waals surface area contributed by atoms with E-state index in [4.69, 9.17) is 0 Å². The Balaban J connectivity index is 1.84. The second-order valence-electron chi connectivity index (χ2n) is 5.53. The summed E-state index contributed by atoms with van der Waals surface area (Å²) in [6.07, 6.45) is 7.06. The van der Waals surface area contributed by atoms with Crippen LogP contribution in [0.4, 0.5) is 16.2 Å². The third kappa shape index (κ3) is 1.73. The number of rotatable bonds is 1. The summed E-state index contributed by atoms with van der Waals surface area (Å²) in [6.45, 7) is 0. The lowest BCUT2D eigenvalue weighted by atomic mass is 10.0. The number of anilines is 1. The average molecular weight is 296 g/mol. The van der Waals surface area contributed by atoms with Crippen LogP contribution in [0.1, 0.15) is 24.8 Å². The Bertz CT molecular complexity index is 779. The number of hydrogen-bond acceptors (Lipinski definition) is 3. The average Bonchev–Trinajstić information content (AvgIpc) is 2.66. The summed E-state index contributed by atoms with van der Waals surface area (Å²) in [5.74, 6) is -0.690. The summed E-state index contributed by atoms with van der Waals surface area (Å²) in [5, 5.41) is 2.32. The van der Waals surface area contributed by atoms with Crippen LogP contribution in [0.25, 0.3) is 6.08 Å². The monoisotopic (exact) mass is 296 g/mol. The minimum atomic E-state index is -0.638. The molecule has 3 aliphatic rings. The molecule has 6 nitrogen and oxygen atoms in total. The van der Waals surface area contributed by atoms with Crippen molar-refractivity contribution in [1.82, 2.24) is 5.32 Å². The quantitative estimate of drug-likeness (QED) is 0.631. The van der Waals surface area contributed by atoms with Crippen LogP contribution in [0.15, 0.2) is 24.3 Å². The van der Waals surface area contributed by atoms with E-state index in [9.17, 15) is 14.4 Å². The van der Waals surface area contributed by atoms with Crippen LogP contribution in [-0.2, 0) is 9.59 Å². The molecule has 4 rings (SSSR count). The smallest absolute Gasteiger partial charge is 0.293 e. The molecule has 1 N–H and O–H groups in total. The molecule has 0 bridgehead atoms. The number of urea groups is 1. The molecule has 0 spiro atoms. The Labute approximate surface area is 126 Å². The number of para-hydroxylation sites is 1. The van der Waals surface area contributed by atoms with Crippen LogP contribution < -0.4 is 10.2 Å². The van der Waals surface area contributed by atoms with Crippen LogP contribution >= 0.6 is 0 Å². The molecule has 22 heavy (non-hydrogen) atoms. The van der Waals surface area contributed by atoms with E-state index in [0.29, 0.717) is 12.8 Å². The maximum Gasteiger partial charge on any atom is 0.504 e. The number of nitrogens with zero attached hydrogens (tertiary/aromatic N) is 2. The number of carbonyl (C=O) groups is 3. The highest BCUT2D eigenvalue weighted by Gasteiger charge is 2.50. The first kappa shape index (κ1) is 12.9. The Hall–Kier alpha value is -2.76. The second-order valence-corrected chi connectivity index (χ2v) is 5.53. The van der Waals surface area contributed by atoms with Crippen molar-refractivity contribution in [2.75, 3.05) is 4.90 Å². The number of hydrogen-bond donors (Lipinski definition) is 1. The van der Waals surface area contributed by atoms with Gasteiger partial charge in [0, 0.05) is 24.8 Å². The molecular weight excluding hydrogens is 282 g/mol. The largest absolute Gasteiger partial charge is 0.504 e. The van der Waals surface area contributed by atoms with Gasteiger partial charge in [0.2, 0.25) is 5.91 Å². The molecular formula is C16H14N3O3+. The van der Waals surface area contributed by atoms with E-state index in [-0.39, 0.29) is 18.4 Å². The third-order valence-corrected chi connectivity index (χ3v) is 4.20. The van der Waals surface area contributed by atoms with E-state index in [0.717, 1.165) is 16.9 Å². The van der Waals surface area contributed by atoms with E-state index in [1.165, 1.54) is 4.90 Å². The van der Waals surface area contributed by atoms with Crippen molar-refractivity contribution in [2.24, 2.45) is 0 Å². The van der Waals surface area contributed by atoms with Gasteiger partial charge in [-0.15, -0.1) is 0 Å². The second kappa shape index (κ2) is 4.62. The first-order valence-electron chi connectivity index (χ1n) is 7.26. The highest BCUT2D eigenvalue weighted by Crippen LogP contribution is 2.42. The Morgan fingerprint density at radius 3 is 2.91 bits per heavy atom. The molecule has 3 aliphatic heterocycles. The molecule has 6 heteroatoms. The first-order chi connectivity index (χ1) is 10.7. The number of allylic oxidation sites excluding steroid dienone is 1. The number of amides is 4. The van der Waals surface area contributed by atoms with Gasteiger partial charge in [-0.05, 0) is 6.07 Å². The Morgan fingerprint density at radius 2 is 2.09 bits per heavy atom. The molecule has 1 fully saturated rings. The summed E-state index contributed by atoms with van der Waals surface area (Å²) >= 11 is 0. The fourth-order valence-corrected chi connectivity index (χ4v) is 3.22. The number of nitrogens with one attached hydrogen (secondary N) is 1. The van der Waals surface area contributed by atoms with Crippen LogP contribution in [0.2, 0.25) is 0 Å². The van der Waals surface area contributed by atoms with Crippen LogP contribution in [0.3, 0.4) is 0 Å². The van der Waals surface area contributed by atoms with E-state index in [2.05, 4.69) is 5.32 Å². The van der Waals surface area contributed by atoms with E-state index >= 15 is 0 Å². The summed E-state index contributed by atoms with van der Waals surface area (Å²) in [4.78, 5) is 37.8. The standard InChI is InChI=1S/C16H13N3O3/c20-13-8-7-12(15(21)17-13)19-11-6-3-5-10-4-1-2-9-18(14(10)11)16(19)22/h1,3-6,9,12H,2,7-8H2/p+1. The molecule has 3 heterocycles. The Kier molecular flexibility index (Phi) is 2.72. The molecule has 1 aromatic carbocycles. The molecule has 1 aromatic rings. The zero-order chi connectivity index (χ0) is 15.3. The minimum Gasteiger partial charge on any atom is -0.293 e. The number of imide groups is 1. The maximum atomic E-state index is 12.8. The lowest BCUT2D eigenvalue weighted by molar-refractivity contribution is -0.317. The molecule has 110 valence electrons. The van der Waals surface area contributed by atoms with Crippen molar-refractivity contribution < 1.29 is 19.0 Å². The number of piperidine rings is 1. The van der Waals surface area contributed by atoms with Gasteiger partial charge in [-0.3, -0.25) is 14.9 Å². The van der Waals surface area contributed by atoms with Gasteiger partial charge >= 0.3 is 6.03 Å². The van der Waals surface area contributed by atoms with E-state index in [1.807, 2.05) is 36.6 Å². The summed E-state index contributed by atoms with van der Waals surface area (Å²) in [5.41, 5.74) is 2.49. The lowest BCUT2D eigenvalue weighted by Crippen LogP contribution is -2.54. The molecule has 4 amide bonds. The molecule has 0 radical (unpaired) electrons. The summed E-state index contributed by atoms with van der Waals surface area (Å²) in [6, 6.07) is 4.79. The molecule has 0 aliphatic carbocycles. The van der Waals surface area contributed by atoms with Gasteiger partial charge in [-0.2, -0.15) is 14.3 Å². The van der Waals surface area contributed by atoms with Crippen LogP contribution in [-0.4, -0.2) is 34.7 Å². The third-order valence-electron chi connectivity index (χ3n) is 4.20. The molecule has 0 aromatic heterocycles. The van der Waals surface area contributed by atoms with Gasteiger partial charge in [0.25, 0.3) is 5.91 Å². The normalized spacial score (nSPS) is 23.1. The van der Waals surface area contributed by atoms with Gasteiger partial charge in [0.05, 0.1) is 6.21 Å². The minimum absolute atomic E-state index is 0.236. The van der Waals surface area contributed by atoms with Crippen molar-refractivity contribution in [2.45, 2.75) is 25.3 Å². The highest BCUT2D eigenvalue weighted by atomic mass is 16.2. The van der Waals surface area contributed by atoms with Gasteiger partial charge in [-0.1, -0.05) is 24.3 Å². The van der Waals surface area contributed by atoms with Crippen LogP contribution in [0.5, 0.6) is 0 Å². The number of benzene rings is 1. The van der Waals surface area contributed by atoms with E-state index < -0.39 is 11.9 Å². The SMILES string of the molecule is O=C1CCC(N2C(=O)[N+]3=CCC=Cc4cccc2c43)C(=O)N1. The van der Waals surface area contributed by atoms with Crippen molar-refractivity contribution in [3.63, 3.8) is 0 Å². The van der Waals surface area contributed by atoms with Crippen molar-refractivity contribution in [3.05, 3.63) is 29.8 Å². The lowest BCUT2D eigenvalue weighted by Gasteiger charge is -2.23. The zero-order valence-corrected chi connectivity index (χ0v) is 11.8. The van der Waals surface area contributed by atoms with Crippen molar-refractivity contribution in [1.29, 1.82) is 0 Å². The Morgan fingerprint density at radius 1 is 1.23 bits per heavy atom. The van der Waals surface area contributed by atoms with Gasteiger partial charge in [0.1, 0.15) is 0 Å². The molecule has 1 atom stereocenters. The summed E-state index contributed by atoms with van der Waals surface area (Å²) in [7, 11) is 0. The predicted molar refractivity (Wildman–Crippen MR) is 80.1 cm³/mol. The molecule has 1 unspecified atom stereocenters. The van der Waals surface area contributed by atoms with Crippen molar-refractivity contribution in [3.8, 4) is 0 Å². The van der Waals surface area contributed by atoms with E-state index in [1.54, 1.807) is 4.58 Å². The summed E-state index contributed by atoms with van der Waals surface area (Å²) < 4.78 is 1.61. The maximum absolute atomic E-state index is 12.8. The van der Waals surface area contributed by atoms with Gasteiger partial charge < -0.3 is 0 Å². The number of carbonyl (C=O) groups excluding carboxylic acids is 3. The fourth-order valence-electron chi connectivity index (χ4n) is 3.22. The zero-order valence-electron chi connectivity index (χ0n) is 11.8. The van der Waals surface area contributed by atoms with Gasteiger partial charge in [0.15, 0.2) is 17.4 Å². The topological polar surface area (TPSA) is 69.5 Å². The van der Waals surface area contributed by atoms with Gasteiger partial charge in [-0.25, -0.2) is 0 Å². The van der Waals surface area contributed by atoms with Crippen LogP contribution in [0, 0.1) is 0 Å². The molecule has 0 saturated carbocycles. The highest BCUT2D eigenvalue weighted by molar-refractivity contribution is 6.09. The van der Waals surface area contributed by atoms with Crippen molar-refractivity contribution >= 4 is 41.5 Å². The fraction of sp³-hybridized carbons (Fsp3) is 0.250. The molecule has 1 saturated heterocycles. The predicted octanol–water partition coefficient (Wildman–Crippen LogP) is 1.56. The first-order valence-corrected chi connectivity index (χ1v) is 7.26.